The summed E-state index contributed by atoms with van der Waals surface area (Å²) in [4.78, 5) is -0.658. The van der Waals surface area contributed by atoms with Crippen LogP contribution in [0.2, 0.25) is 0 Å². The van der Waals surface area contributed by atoms with Gasteiger partial charge in [0.2, 0.25) is 10.0 Å². The lowest BCUT2D eigenvalue weighted by molar-refractivity contribution is 0.185. The van der Waals surface area contributed by atoms with Gasteiger partial charge in [0, 0.05) is 27.2 Å². The Labute approximate surface area is 124 Å². The maximum atomic E-state index is 13.8. The number of rotatable bonds is 8. The molecule has 0 radical (unpaired) electrons. The van der Waals surface area contributed by atoms with Gasteiger partial charge in [-0.1, -0.05) is 6.92 Å². The number of likely N-dealkylation sites (N-methyl/N-ethyl adjacent to an activating group) is 1. The van der Waals surface area contributed by atoms with E-state index in [-0.39, 0.29) is 19.7 Å². The van der Waals surface area contributed by atoms with Crippen molar-refractivity contribution in [2.45, 2.75) is 18.4 Å². The summed E-state index contributed by atoms with van der Waals surface area (Å²) in [5.41, 5.74) is 0.370. The van der Waals surface area contributed by atoms with Crippen LogP contribution >= 0.6 is 0 Å². The Kier molecular flexibility index (Phi) is 6.66. The van der Waals surface area contributed by atoms with E-state index in [1.807, 2.05) is 6.92 Å². The highest BCUT2D eigenvalue weighted by Gasteiger charge is 2.27. The first-order valence-electron chi connectivity index (χ1n) is 6.48. The SMILES string of the molecule is CCNCc1cc(F)c(F)c(S(=O)(=O)N(C)CCOC)c1. The fourth-order valence-corrected chi connectivity index (χ4v) is 2.96. The lowest BCUT2D eigenvalue weighted by atomic mass is 10.2. The smallest absolute Gasteiger partial charge is 0.245 e. The van der Waals surface area contributed by atoms with Crippen molar-refractivity contribution < 1.29 is 21.9 Å². The summed E-state index contributed by atoms with van der Waals surface area (Å²) in [7, 11) is -1.38. The van der Waals surface area contributed by atoms with Gasteiger partial charge in [0.15, 0.2) is 11.6 Å². The van der Waals surface area contributed by atoms with Gasteiger partial charge in [0.25, 0.3) is 0 Å². The van der Waals surface area contributed by atoms with Crippen LogP contribution in [-0.2, 0) is 21.3 Å². The van der Waals surface area contributed by atoms with Gasteiger partial charge in [-0.15, -0.1) is 0 Å². The minimum atomic E-state index is -4.10. The lowest BCUT2D eigenvalue weighted by Crippen LogP contribution is -2.31. The largest absolute Gasteiger partial charge is 0.383 e. The third-order valence-corrected chi connectivity index (χ3v) is 4.79. The average molecular weight is 322 g/mol. The Hall–Kier alpha value is -1.09. The summed E-state index contributed by atoms with van der Waals surface area (Å²) in [6.07, 6.45) is 0. The summed E-state index contributed by atoms with van der Waals surface area (Å²) >= 11 is 0. The molecule has 1 aromatic rings. The van der Waals surface area contributed by atoms with Gasteiger partial charge in [-0.25, -0.2) is 17.2 Å². The van der Waals surface area contributed by atoms with Gasteiger partial charge >= 0.3 is 0 Å². The molecule has 21 heavy (non-hydrogen) atoms. The minimum Gasteiger partial charge on any atom is -0.383 e. The Bertz CT molecular complexity index is 579. The summed E-state index contributed by atoms with van der Waals surface area (Å²) < 4.78 is 57.7. The van der Waals surface area contributed by atoms with E-state index in [2.05, 4.69) is 5.32 Å². The third kappa shape index (κ3) is 4.44. The van der Waals surface area contributed by atoms with E-state index >= 15 is 0 Å². The van der Waals surface area contributed by atoms with Crippen molar-refractivity contribution in [3.8, 4) is 0 Å². The highest BCUT2D eigenvalue weighted by molar-refractivity contribution is 7.89. The molecule has 0 atom stereocenters. The zero-order valence-corrected chi connectivity index (χ0v) is 13.1. The molecule has 0 aliphatic carbocycles. The molecule has 0 amide bonds. The van der Waals surface area contributed by atoms with E-state index in [0.717, 1.165) is 16.4 Å². The quantitative estimate of drug-likeness (QED) is 0.785. The van der Waals surface area contributed by atoms with Crippen LogP contribution in [0, 0.1) is 11.6 Å². The predicted octanol–water partition coefficient (Wildman–Crippen LogP) is 1.34. The van der Waals surface area contributed by atoms with Crippen LogP contribution in [0.3, 0.4) is 0 Å². The normalized spacial score (nSPS) is 12.1. The minimum absolute atomic E-state index is 0.0529. The zero-order valence-electron chi connectivity index (χ0n) is 12.3. The Morgan fingerprint density at radius 3 is 2.57 bits per heavy atom. The molecule has 0 spiro atoms. The van der Waals surface area contributed by atoms with Crippen LogP contribution in [0.1, 0.15) is 12.5 Å². The van der Waals surface area contributed by atoms with Crippen molar-refractivity contribution in [1.29, 1.82) is 0 Å². The molecule has 1 aromatic carbocycles. The van der Waals surface area contributed by atoms with Crippen LogP contribution < -0.4 is 5.32 Å². The molecule has 0 saturated carbocycles. The van der Waals surface area contributed by atoms with Crippen molar-refractivity contribution in [1.82, 2.24) is 9.62 Å². The molecule has 0 aliphatic rings. The number of benzene rings is 1. The molecule has 0 bridgehead atoms. The van der Waals surface area contributed by atoms with Gasteiger partial charge in [0.1, 0.15) is 4.90 Å². The molecule has 120 valence electrons. The summed E-state index contributed by atoms with van der Waals surface area (Å²) in [5.74, 6) is -2.54. The molecular formula is C13H20F2N2O3S. The maximum absolute atomic E-state index is 13.8. The topological polar surface area (TPSA) is 58.6 Å². The van der Waals surface area contributed by atoms with Gasteiger partial charge in [0.05, 0.1) is 6.61 Å². The highest BCUT2D eigenvalue weighted by atomic mass is 32.2. The lowest BCUT2D eigenvalue weighted by Gasteiger charge is -2.18. The van der Waals surface area contributed by atoms with Crippen LogP contribution in [0.15, 0.2) is 17.0 Å². The van der Waals surface area contributed by atoms with Gasteiger partial charge in [-0.3, -0.25) is 0 Å². The van der Waals surface area contributed by atoms with Crippen LogP contribution in [0.5, 0.6) is 0 Å². The number of halogens is 2. The third-order valence-electron chi connectivity index (χ3n) is 2.93. The number of sulfonamides is 1. The van der Waals surface area contributed by atoms with Crippen molar-refractivity contribution in [2.75, 3.05) is 33.9 Å². The first kappa shape index (κ1) is 18.0. The van der Waals surface area contributed by atoms with E-state index < -0.39 is 26.6 Å². The summed E-state index contributed by atoms with van der Waals surface area (Å²) in [6, 6.07) is 2.14. The molecule has 1 rings (SSSR count). The fraction of sp³-hybridized carbons (Fsp3) is 0.538. The second-order valence-electron chi connectivity index (χ2n) is 4.49. The molecular weight excluding hydrogens is 302 g/mol. The van der Waals surface area contributed by atoms with Gasteiger partial charge < -0.3 is 10.1 Å². The molecule has 0 heterocycles. The molecule has 8 heteroatoms. The van der Waals surface area contributed by atoms with E-state index in [9.17, 15) is 17.2 Å². The van der Waals surface area contributed by atoms with Crippen LogP contribution in [0.4, 0.5) is 8.78 Å². The molecule has 0 unspecified atom stereocenters. The number of nitrogens with zero attached hydrogens (tertiary/aromatic N) is 1. The first-order valence-corrected chi connectivity index (χ1v) is 7.92. The van der Waals surface area contributed by atoms with E-state index in [0.29, 0.717) is 12.1 Å². The van der Waals surface area contributed by atoms with Gasteiger partial charge in [-0.05, 0) is 24.2 Å². The number of hydrogen-bond acceptors (Lipinski definition) is 4. The highest BCUT2D eigenvalue weighted by Crippen LogP contribution is 2.22. The number of nitrogens with one attached hydrogen (secondary N) is 1. The van der Waals surface area contributed by atoms with Crippen molar-refractivity contribution >= 4 is 10.0 Å². The average Bonchev–Trinajstić information content (AvgIpc) is 2.45. The van der Waals surface area contributed by atoms with Gasteiger partial charge in [-0.2, -0.15) is 4.31 Å². The molecule has 1 N–H and O–H groups in total. The van der Waals surface area contributed by atoms with Crippen LogP contribution in [0.25, 0.3) is 0 Å². The molecule has 0 aliphatic heterocycles. The van der Waals surface area contributed by atoms with Crippen molar-refractivity contribution in [2.24, 2.45) is 0 Å². The van der Waals surface area contributed by atoms with Crippen molar-refractivity contribution in [3.63, 3.8) is 0 Å². The number of ether oxygens (including phenoxy) is 1. The molecule has 0 fully saturated rings. The molecule has 0 aromatic heterocycles. The standard InChI is InChI=1S/C13H20F2N2O3S/c1-4-16-9-10-7-11(14)13(15)12(8-10)21(18,19)17(2)5-6-20-3/h7-8,16H,4-6,9H2,1-3H3. The Morgan fingerprint density at radius 1 is 1.33 bits per heavy atom. The second kappa shape index (κ2) is 7.79. The second-order valence-corrected chi connectivity index (χ2v) is 6.50. The Balaban J connectivity index is 3.18. The number of methoxy groups -OCH3 is 1. The van der Waals surface area contributed by atoms with Crippen molar-refractivity contribution in [3.05, 3.63) is 29.3 Å². The van der Waals surface area contributed by atoms with E-state index in [4.69, 9.17) is 4.74 Å². The molecule has 0 saturated heterocycles. The summed E-state index contributed by atoms with van der Waals surface area (Å²) in [5, 5.41) is 2.94. The predicted molar refractivity (Wildman–Crippen MR) is 75.4 cm³/mol. The Morgan fingerprint density at radius 2 is 2.00 bits per heavy atom. The van der Waals surface area contributed by atoms with Crippen LogP contribution in [-0.4, -0.2) is 46.6 Å². The molecule has 5 nitrogen and oxygen atoms in total. The first-order chi connectivity index (χ1) is 9.84. The number of hydrogen-bond donors (Lipinski definition) is 1. The summed E-state index contributed by atoms with van der Waals surface area (Å²) in [6.45, 7) is 2.97. The zero-order chi connectivity index (χ0) is 16.0. The van der Waals surface area contributed by atoms with E-state index in [1.54, 1.807) is 0 Å². The maximum Gasteiger partial charge on any atom is 0.245 e. The van der Waals surface area contributed by atoms with E-state index in [1.165, 1.54) is 14.2 Å². The fourth-order valence-electron chi connectivity index (χ4n) is 1.68. The monoisotopic (exact) mass is 322 g/mol.